The second kappa shape index (κ2) is 8.90. The molecule has 0 saturated heterocycles. The Hall–Kier alpha value is -3.01. The van der Waals surface area contributed by atoms with Crippen LogP contribution in [0, 0.1) is 11.8 Å². The van der Waals surface area contributed by atoms with Crippen LogP contribution in [0.5, 0.6) is 11.5 Å². The molecule has 1 atom stereocenters. The van der Waals surface area contributed by atoms with E-state index in [2.05, 4.69) is 11.8 Å². The largest absolute Gasteiger partial charge is 0.493 e. The fourth-order valence-corrected chi connectivity index (χ4v) is 2.29. The molecule has 2 rings (SSSR count). The highest BCUT2D eigenvalue weighted by atomic mass is 16.5. The average molecular weight is 355 g/mol. The molecule has 1 unspecified atom stereocenters. The summed E-state index contributed by atoms with van der Waals surface area (Å²) in [5.41, 5.74) is 1.94. The Morgan fingerprint density at radius 2 is 1.88 bits per heavy atom. The minimum absolute atomic E-state index is 0.0407. The minimum Gasteiger partial charge on any atom is -0.493 e. The third-order valence-electron chi connectivity index (χ3n) is 3.70. The van der Waals surface area contributed by atoms with Gasteiger partial charge < -0.3 is 14.6 Å². The lowest BCUT2D eigenvalue weighted by Crippen LogP contribution is -2.23. The van der Waals surface area contributed by atoms with Crippen LogP contribution in [0.1, 0.15) is 29.7 Å². The van der Waals surface area contributed by atoms with Gasteiger partial charge in [0.15, 0.2) is 11.5 Å². The maximum atomic E-state index is 11.1. The van der Waals surface area contributed by atoms with Gasteiger partial charge in [0, 0.05) is 12.5 Å². The first kappa shape index (κ1) is 19.3. The van der Waals surface area contributed by atoms with Crippen LogP contribution < -0.4 is 9.47 Å². The smallest absolute Gasteiger partial charge is 0.243 e. The van der Waals surface area contributed by atoms with E-state index in [9.17, 15) is 15.1 Å². The zero-order chi connectivity index (χ0) is 19.1. The van der Waals surface area contributed by atoms with Gasteiger partial charge in [-0.15, -0.1) is 0 Å². The Morgan fingerprint density at radius 3 is 2.54 bits per heavy atom. The van der Waals surface area contributed by atoms with Gasteiger partial charge in [0.1, 0.15) is 6.10 Å². The topological polar surface area (TPSA) is 79.2 Å². The van der Waals surface area contributed by atoms with E-state index in [-0.39, 0.29) is 6.54 Å². The molecule has 0 radical (unpaired) electrons. The SMILES string of the molecule is COc1ccc(C#CC(O)c2cccc(CN(O)C(C)=O)c2)cc1OC. The van der Waals surface area contributed by atoms with Crippen LogP contribution in [0.3, 0.4) is 0 Å². The summed E-state index contributed by atoms with van der Waals surface area (Å²) in [7, 11) is 3.10. The van der Waals surface area contributed by atoms with E-state index >= 15 is 0 Å². The first-order valence-electron chi connectivity index (χ1n) is 7.92. The van der Waals surface area contributed by atoms with Crippen molar-refractivity contribution < 1.29 is 24.6 Å². The Bertz CT molecular complexity index is 838. The molecule has 0 bridgehead atoms. The van der Waals surface area contributed by atoms with E-state index in [1.54, 1.807) is 56.7 Å². The normalized spacial score (nSPS) is 11.1. The van der Waals surface area contributed by atoms with Crippen molar-refractivity contribution >= 4 is 5.91 Å². The number of hydrogen-bond donors (Lipinski definition) is 2. The number of rotatable bonds is 5. The van der Waals surface area contributed by atoms with E-state index in [0.29, 0.717) is 33.3 Å². The molecule has 6 heteroatoms. The molecular weight excluding hydrogens is 334 g/mol. The van der Waals surface area contributed by atoms with Crippen LogP contribution in [0.25, 0.3) is 0 Å². The highest BCUT2D eigenvalue weighted by Gasteiger charge is 2.09. The summed E-state index contributed by atoms with van der Waals surface area (Å²) in [5.74, 6) is 6.38. The summed E-state index contributed by atoms with van der Waals surface area (Å²) in [6.45, 7) is 1.31. The monoisotopic (exact) mass is 355 g/mol. The molecule has 2 aromatic rings. The number of hydroxylamine groups is 2. The summed E-state index contributed by atoms with van der Waals surface area (Å²) in [6, 6.07) is 12.2. The van der Waals surface area contributed by atoms with Gasteiger partial charge >= 0.3 is 0 Å². The number of aliphatic hydroxyl groups is 1. The Kier molecular flexibility index (Phi) is 6.61. The molecule has 0 saturated carbocycles. The number of methoxy groups -OCH3 is 2. The maximum Gasteiger partial charge on any atom is 0.243 e. The fourth-order valence-electron chi connectivity index (χ4n) is 2.29. The number of nitrogens with zero attached hydrogens (tertiary/aromatic N) is 1. The number of carbonyl (C=O) groups excluding carboxylic acids is 1. The molecule has 0 heterocycles. The van der Waals surface area contributed by atoms with Crippen molar-refractivity contribution in [2.45, 2.75) is 19.6 Å². The Labute approximate surface area is 152 Å². The first-order chi connectivity index (χ1) is 12.4. The summed E-state index contributed by atoms with van der Waals surface area (Å²) in [4.78, 5) is 11.1. The number of carbonyl (C=O) groups is 1. The summed E-state index contributed by atoms with van der Waals surface area (Å²) in [6.07, 6.45) is -1.01. The van der Waals surface area contributed by atoms with E-state index in [0.717, 1.165) is 0 Å². The van der Waals surface area contributed by atoms with Crippen molar-refractivity contribution in [3.8, 4) is 23.3 Å². The highest BCUT2D eigenvalue weighted by Crippen LogP contribution is 2.27. The zero-order valence-electron chi connectivity index (χ0n) is 14.9. The molecule has 2 N–H and O–H groups in total. The van der Waals surface area contributed by atoms with Gasteiger partial charge in [0.05, 0.1) is 20.8 Å². The second-order valence-corrected chi connectivity index (χ2v) is 5.56. The van der Waals surface area contributed by atoms with Gasteiger partial charge in [0.25, 0.3) is 0 Å². The van der Waals surface area contributed by atoms with Gasteiger partial charge in [0.2, 0.25) is 5.91 Å². The third-order valence-corrected chi connectivity index (χ3v) is 3.70. The van der Waals surface area contributed by atoms with Gasteiger partial charge in [-0.25, -0.2) is 5.06 Å². The third kappa shape index (κ3) is 4.99. The molecule has 2 aromatic carbocycles. The fraction of sp³-hybridized carbons (Fsp3) is 0.250. The molecule has 0 aromatic heterocycles. The quantitative estimate of drug-likeness (QED) is 0.489. The van der Waals surface area contributed by atoms with Crippen LogP contribution in [-0.2, 0) is 11.3 Å². The lowest BCUT2D eigenvalue weighted by atomic mass is 10.1. The number of ether oxygens (including phenoxy) is 2. The molecular formula is C20H21NO5. The predicted molar refractivity (Wildman–Crippen MR) is 95.8 cm³/mol. The molecule has 136 valence electrons. The first-order valence-corrected chi connectivity index (χ1v) is 7.92. The van der Waals surface area contributed by atoms with Crippen molar-refractivity contribution in [3.05, 3.63) is 59.2 Å². The van der Waals surface area contributed by atoms with Crippen molar-refractivity contribution in [1.29, 1.82) is 0 Å². The summed E-state index contributed by atoms with van der Waals surface area (Å²) in [5, 5.41) is 20.4. The highest BCUT2D eigenvalue weighted by molar-refractivity contribution is 5.71. The van der Waals surface area contributed by atoms with E-state index in [4.69, 9.17) is 9.47 Å². The molecule has 6 nitrogen and oxygen atoms in total. The van der Waals surface area contributed by atoms with Gasteiger partial charge in [-0.1, -0.05) is 36.1 Å². The van der Waals surface area contributed by atoms with Crippen molar-refractivity contribution in [2.24, 2.45) is 0 Å². The molecule has 0 aliphatic rings. The minimum atomic E-state index is -1.01. The second-order valence-electron chi connectivity index (χ2n) is 5.56. The lowest BCUT2D eigenvalue weighted by Gasteiger charge is -2.13. The van der Waals surface area contributed by atoms with Crippen LogP contribution in [0.4, 0.5) is 0 Å². The molecule has 26 heavy (non-hydrogen) atoms. The zero-order valence-corrected chi connectivity index (χ0v) is 14.9. The van der Waals surface area contributed by atoms with Crippen LogP contribution >= 0.6 is 0 Å². The Balaban J connectivity index is 2.17. The molecule has 0 aliphatic carbocycles. The molecule has 0 aliphatic heterocycles. The predicted octanol–water partition coefficient (Wildman–Crippen LogP) is 2.53. The van der Waals surface area contributed by atoms with Crippen molar-refractivity contribution in [3.63, 3.8) is 0 Å². The van der Waals surface area contributed by atoms with Gasteiger partial charge in [-0.3, -0.25) is 10.0 Å². The molecule has 1 amide bonds. The van der Waals surface area contributed by atoms with Gasteiger partial charge in [-0.2, -0.15) is 0 Å². The summed E-state index contributed by atoms with van der Waals surface area (Å²) >= 11 is 0. The molecule has 0 spiro atoms. The van der Waals surface area contributed by atoms with E-state index in [1.165, 1.54) is 6.92 Å². The average Bonchev–Trinajstić information content (AvgIpc) is 2.65. The van der Waals surface area contributed by atoms with Crippen LogP contribution in [0.2, 0.25) is 0 Å². The number of benzene rings is 2. The van der Waals surface area contributed by atoms with Crippen LogP contribution in [0.15, 0.2) is 42.5 Å². The van der Waals surface area contributed by atoms with E-state index < -0.39 is 12.0 Å². The Morgan fingerprint density at radius 1 is 1.15 bits per heavy atom. The van der Waals surface area contributed by atoms with Crippen LogP contribution in [-0.4, -0.2) is 35.5 Å². The van der Waals surface area contributed by atoms with Gasteiger partial charge in [-0.05, 0) is 29.3 Å². The van der Waals surface area contributed by atoms with E-state index in [1.807, 2.05) is 0 Å². The number of amides is 1. The standard InChI is InChI=1S/C20H21NO5/c1-14(22)21(24)13-16-5-4-6-17(11-16)18(23)9-7-15-8-10-19(25-2)20(12-15)26-3/h4-6,8,10-12,18,23-24H,13H2,1-3H3. The lowest BCUT2D eigenvalue weighted by molar-refractivity contribution is -0.165. The maximum absolute atomic E-state index is 11.1. The summed E-state index contributed by atoms with van der Waals surface area (Å²) < 4.78 is 10.4. The van der Waals surface area contributed by atoms with Crippen molar-refractivity contribution in [2.75, 3.05) is 14.2 Å². The molecule has 0 fully saturated rings. The number of hydrogen-bond acceptors (Lipinski definition) is 5. The van der Waals surface area contributed by atoms with Crippen molar-refractivity contribution in [1.82, 2.24) is 5.06 Å². The number of aliphatic hydroxyl groups excluding tert-OH is 1.